The van der Waals surface area contributed by atoms with E-state index in [9.17, 15) is 29.4 Å². The Morgan fingerprint density at radius 1 is 1.29 bits per heavy atom. The number of carboxylic acid groups (broad SMARTS) is 2. The van der Waals surface area contributed by atoms with E-state index in [0.29, 0.717) is 21.4 Å². The van der Waals surface area contributed by atoms with Crippen LogP contribution < -0.4 is 5.32 Å². The van der Waals surface area contributed by atoms with E-state index in [4.69, 9.17) is 0 Å². The topological polar surface area (TPSA) is 155 Å². The maximum absolute atomic E-state index is 12.7. The zero-order valence-electron chi connectivity index (χ0n) is 15.6. The Labute approximate surface area is 187 Å². The van der Waals surface area contributed by atoms with Crippen LogP contribution in [0, 0.1) is 0 Å². The first kappa shape index (κ1) is 21.4. The van der Waals surface area contributed by atoms with Gasteiger partial charge in [-0.3, -0.25) is 14.5 Å². The Kier molecular flexibility index (Phi) is 6.02. The lowest BCUT2D eigenvalue weighted by Crippen LogP contribution is -2.71. The van der Waals surface area contributed by atoms with Crippen LogP contribution in [0.2, 0.25) is 0 Å². The summed E-state index contributed by atoms with van der Waals surface area (Å²) in [6.07, 6.45) is 2.88. The quantitative estimate of drug-likeness (QED) is 0.276. The van der Waals surface area contributed by atoms with Crippen molar-refractivity contribution in [1.82, 2.24) is 25.0 Å². The minimum absolute atomic E-state index is 0.101. The van der Waals surface area contributed by atoms with Crippen molar-refractivity contribution in [2.75, 3.05) is 11.5 Å². The Bertz CT molecular complexity index is 1050. The summed E-state index contributed by atoms with van der Waals surface area (Å²) in [6, 6.07) is 0.643. The molecule has 2 aromatic heterocycles. The van der Waals surface area contributed by atoms with Crippen LogP contribution in [0.1, 0.15) is 6.04 Å². The van der Waals surface area contributed by atoms with E-state index in [1.165, 1.54) is 51.8 Å². The van der Waals surface area contributed by atoms with Crippen molar-refractivity contribution in [3.05, 3.63) is 41.3 Å². The number of fused-ring (bicyclic) bond motifs is 1. The molecule has 1 fully saturated rings. The Morgan fingerprint density at radius 2 is 2.03 bits per heavy atom. The van der Waals surface area contributed by atoms with Crippen LogP contribution in [0.15, 0.2) is 45.6 Å². The monoisotopic (exact) mass is 481 g/mol. The molecule has 2 aliphatic heterocycles. The van der Waals surface area contributed by atoms with Crippen molar-refractivity contribution >= 4 is 58.6 Å². The molecule has 2 amide bonds. The van der Waals surface area contributed by atoms with Gasteiger partial charge < -0.3 is 20.1 Å². The van der Waals surface area contributed by atoms with Crippen LogP contribution in [-0.4, -0.2) is 76.6 Å². The fraction of sp³-hybridized carbons (Fsp3) is 0.294. The third-order valence-corrected chi connectivity index (χ3v) is 7.95. The highest BCUT2D eigenvalue weighted by Crippen LogP contribution is 2.41. The molecule has 3 N–H and O–H groups in total. The number of amides is 2. The minimum atomic E-state index is -1.53. The number of hydrogen-bond acceptors (Lipinski definition) is 9. The van der Waals surface area contributed by atoms with Gasteiger partial charge in [0.2, 0.25) is 6.04 Å². The maximum Gasteiger partial charge on any atom is 0.352 e. The predicted molar refractivity (Wildman–Crippen MR) is 111 cm³/mol. The molecular weight excluding hydrogens is 466 g/mol. The van der Waals surface area contributed by atoms with Gasteiger partial charge in [-0.15, -0.1) is 22.0 Å². The summed E-state index contributed by atoms with van der Waals surface area (Å²) in [5.41, 5.74) is 2.05. The van der Waals surface area contributed by atoms with E-state index < -0.39 is 41.2 Å². The minimum Gasteiger partial charge on any atom is -0.479 e. The van der Waals surface area contributed by atoms with Crippen LogP contribution in [0.4, 0.5) is 0 Å². The lowest BCUT2D eigenvalue weighted by atomic mass is 10.0. The van der Waals surface area contributed by atoms with Gasteiger partial charge >= 0.3 is 11.9 Å². The molecule has 0 spiro atoms. The van der Waals surface area contributed by atoms with Crippen molar-refractivity contribution < 1.29 is 29.4 Å². The highest BCUT2D eigenvalue weighted by atomic mass is 32.2. The molecule has 0 aromatic carbocycles. The molecule has 1 saturated heterocycles. The number of aromatic nitrogens is 3. The Balaban J connectivity index is 1.49. The molecule has 0 saturated carbocycles. The number of thioether (sulfide) groups is 2. The van der Waals surface area contributed by atoms with Gasteiger partial charge in [-0.2, -0.15) is 0 Å². The SMILES string of the molecule is O=C(O)C1=C(CSc2nncs2)CSC2C(NC(=O)C(C(=O)O)n3cccc3)C(=O)N12. The van der Waals surface area contributed by atoms with Crippen LogP contribution in [-0.2, 0) is 19.2 Å². The third kappa shape index (κ3) is 4.05. The van der Waals surface area contributed by atoms with Crippen molar-refractivity contribution in [1.29, 1.82) is 0 Å². The van der Waals surface area contributed by atoms with Crippen LogP contribution in [0.5, 0.6) is 0 Å². The molecule has 2 aliphatic rings. The molecule has 31 heavy (non-hydrogen) atoms. The molecule has 2 aromatic rings. The fourth-order valence-electron chi connectivity index (χ4n) is 3.30. The van der Waals surface area contributed by atoms with Crippen molar-refractivity contribution in [3.63, 3.8) is 0 Å². The number of carboxylic acids is 2. The zero-order valence-corrected chi connectivity index (χ0v) is 18.0. The molecule has 4 rings (SSSR count). The van der Waals surface area contributed by atoms with E-state index in [1.807, 2.05) is 0 Å². The van der Waals surface area contributed by atoms with Gasteiger partial charge in [0.1, 0.15) is 22.6 Å². The van der Waals surface area contributed by atoms with Gasteiger partial charge in [0, 0.05) is 23.9 Å². The first-order chi connectivity index (χ1) is 14.9. The molecule has 162 valence electrons. The Hall–Kier alpha value is -2.84. The predicted octanol–water partition coefficient (Wildman–Crippen LogP) is 0.496. The summed E-state index contributed by atoms with van der Waals surface area (Å²) in [4.78, 5) is 49.9. The molecule has 4 heterocycles. The van der Waals surface area contributed by atoms with Gasteiger partial charge in [0.05, 0.1) is 0 Å². The second-order valence-corrected chi connectivity index (χ2v) is 9.68. The van der Waals surface area contributed by atoms with E-state index in [2.05, 4.69) is 15.5 Å². The average molecular weight is 482 g/mol. The van der Waals surface area contributed by atoms with E-state index in [1.54, 1.807) is 17.6 Å². The first-order valence-corrected chi connectivity index (χ1v) is 11.7. The first-order valence-electron chi connectivity index (χ1n) is 8.83. The number of β-lactam (4-membered cyclic amide) rings is 1. The average Bonchev–Trinajstić information content (AvgIpc) is 3.43. The normalized spacial score (nSPS) is 21.3. The van der Waals surface area contributed by atoms with E-state index >= 15 is 0 Å². The van der Waals surface area contributed by atoms with Gasteiger partial charge in [0.25, 0.3) is 11.8 Å². The number of rotatable bonds is 8. The summed E-state index contributed by atoms with van der Waals surface area (Å²) >= 11 is 3.99. The number of nitrogens with one attached hydrogen (secondary N) is 1. The van der Waals surface area contributed by atoms with E-state index in [0.717, 1.165) is 4.90 Å². The maximum atomic E-state index is 12.7. The lowest BCUT2D eigenvalue weighted by Gasteiger charge is -2.49. The van der Waals surface area contributed by atoms with Crippen LogP contribution in [0.25, 0.3) is 0 Å². The third-order valence-electron chi connectivity index (χ3n) is 4.67. The van der Waals surface area contributed by atoms with Crippen molar-refractivity contribution in [3.8, 4) is 0 Å². The number of carbonyl (C=O) groups excluding carboxylic acids is 2. The van der Waals surface area contributed by atoms with Crippen molar-refractivity contribution in [2.45, 2.75) is 21.8 Å². The smallest absolute Gasteiger partial charge is 0.352 e. The summed E-state index contributed by atoms with van der Waals surface area (Å²) in [5.74, 6) is -3.33. The van der Waals surface area contributed by atoms with E-state index in [-0.39, 0.29) is 5.70 Å². The lowest BCUT2D eigenvalue weighted by molar-refractivity contribution is -0.153. The highest BCUT2D eigenvalue weighted by molar-refractivity contribution is 8.01. The number of nitrogens with zero attached hydrogens (tertiary/aromatic N) is 4. The largest absolute Gasteiger partial charge is 0.479 e. The van der Waals surface area contributed by atoms with Gasteiger partial charge in [-0.25, -0.2) is 9.59 Å². The standard InChI is InChI=1S/C17H15N5O6S3/c23-12(11(16(27)28)21-3-1-2-4-21)19-9-13(24)22-10(15(25)26)8(5-29-14(9)22)6-30-17-20-18-7-31-17/h1-4,7,9,11,14H,5-6H2,(H,19,23)(H,25,26)(H,27,28). The summed E-state index contributed by atoms with van der Waals surface area (Å²) in [6.45, 7) is 0. The summed E-state index contributed by atoms with van der Waals surface area (Å²) in [5, 5.41) is 28.6. The number of aliphatic carboxylic acids is 2. The summed E-state index contributed by atoms with van der Waals surface area (Å²) in [7, 11) is 0. The molecule has 11 nitrogen and oxygen atoms in total. The highest BCUT2D eigenvalue weighted by Gasteiger charge is 2.54. The van der Waals surface area contributed by atoms with Gasteiger partial charge in [-0.1, -0.05) is 23.1 Å². The molecule has 0 bridgehead atoms. The summed E-state index contributed by atoms with van der Waals surface area (Å²) < 4.78 is 1.91. The molecule has 0 aliphatic carbocycles. The molecule has 3 unspecified atom stereocenters. The zero-order chi connectivity index (χ0) is 22.1. The van der Waals surface area contributed by atoms with Crippen LogP contribution >= 0.6 is 34.9 Å². The molecule has 14 heteroatoms. The number of carbonyl (C=O) groups is 4. The molecular formula is C17H15N5O6S3. The molecule has 3 atom stereocenters. The van der Waals surface area contributed by atoms with Crippen molar-refractivity contribution in [2.24, 2.45) is 0 Å². The van der Waals surface area contributed by atoms with Gasteiger partial charge in [0.15, 0.2) is 4.34 Å². The second-order valence-electron chi connectivity index (χ2n) is 6.52. The number of hydrogen-bond donors (Lipinski definition) is 3. The van der Waals surface area contributed by atoms with Gasteiger partial charge in [-0.05, 0) is 17.7 Å². The second kappa shape index (κ2) is 8.72. The fourth-order valence-corrected chi connectivity index (χ4v) is 6.27. The molecule has 0 radical (unpaired) electrons. The Morgan fingerprint density at radius 3 is 2.65 bits per heavy atom. The van der Waals surface area contributed by atoms with Crippen LogP contribution in [0.3, 0.4) is 0 Å².